The molecule has 3 aliphatic carbocycles. The molecular weight excluding hydrogens is 761 g/mol. The predicted octanol–water partition coefficient (Wildman–Crippen LogP) is 11.5. The highest BCUT2D eigenvalue weighted by Gasteiger charge is 2.62. The summed E-state index contributed by atoms with van der Waals surface area (Å²) in [7, 11) is 0. The van der Waals surface area contributed by atoms with Gasteiger partial charge in [-0.25, -0.2) is 29.9 Å². The average molecular weight is 799 g/mol. The first kappa shape index (κ1) is 37.1. The fourth-order valence-corrected chi connectivity index (χ4v) is 10.4. The van der Waals surface area contributed by atoms with Gasteiger partial charge in [0.2, 0.25) is 0 Å². The molecule has 11 rings (SSSR count). The lowest BCUT2D eigenvalue weighted by atomic mass is 9.39. The largest absolute Gasteiger partial charge is 0.208 e. The van der Waals surface area contributed by atoms with E-state index in [1.165, 1.54) is 5.57 Å². The van der Waals surface area contributed by atoms with Gasteiger partial charge in [-0.15, -0.1) is 0 Å². The highest BCUT2D eigenvalue weighted by molar-refractivity contribution is 5.77. The van der Waals surface area contributed by atoms with E-state index in [1.807, 2.05) is 146 Å². The van der Waals surface area contributed by atoms with Gasteiger partial charge in [0.1, 0.15) is 0 Å². The number of hydrogen-bond acceptors (Lipinski definition) is 8. The molecule has 1 saturated carbocycles. The van der Waals surface area contributed by atoms with E-state index in [-0.39, 0.29) is 11.8 Å². The van der Waals surface area contributed by atoms with E-state index < -0.39 is 5.41 Å². The first-order valence-corrected chi connectivity index (χ1v) is 21.1. The van der Waals surface area contributed by atoms with E-state index >= 15 is 0 Å². The molecule has 0 N–H and O–H groups in total. The number of nitrogens with zero attached hydrogens (tertiary/aromatic N) is 8. The van der Waals surface area contributed by atoms with Crippen molar-refractivity contribution in [1.29, 1.82) is 10.5 Å². The number of rotatable bonds is 8. The van der Waals surface area contributed by atoms with Gasteiger partial charge >= 0.3 is 0 Å². The zero-order chi connectivity index (χ0) is 41.8. The molecule has 2 heterocycles. The van der Waals surface area contributed by atoms with Crippen LogP contribution in [-0.2, 0) is 5.41 Å². The minimum absolute atomic E-state index is 0.0425. The molecule has 1 fully saturated rings. The molecule has 2 aromatic heterocycles. The molecule has 0 radical (unpaired) electrons. The molecule has 8 heteroatoms. The van der Waals surface area contributed by atoms with Gasteiger partial charge in [0.05, 0.1) is 23.3 Å². The van der Waals surface area contributed by atoms with Crippen molar-refractivity contribution >= 4 is 0 Å². The van der Waals surface area contributed by atoms with E-state index in [2.05, 4.69) is 31.2 Å². The molecule has 3 aliphatic rings. The molecular formula is C54H38N8. The summed E-state index contributed by atoms with van der Waals surface area (Å²) in [6.45, 7) is 2.33. The van der Waals surface area contributed by atoms with Crippen molar-refractivity contribution in [2.24, 2.45) is 17.8 Å². The van der Waals surface area contributed by atoms with Crippen LogP contribution in [0.2, 0.25) is 0 Å². The fourth-order valence-electron chi connectivity index (χ4n) is 10.4. The lowest BCUT2D eigenvalue weighted by Gasteiger charge is -2.64. The predicted molar refractivity (Wildman–Crippen MR) is 240 cm³/mol. The summed E-state index contributed by atoms with van der Waals surface area (Å²) >= 11 is 0. The van der Waals surface area contributed by atoms with Gasteiger partial charge in [0.15, 0.2) is 34.9 Å². The number of hydrogen-bond donors (Lipinski definition) is 0. The topological polar surface area (TPSA) is 125 Å². The van der Waals surface area contributed by atoms with E-state index in [9.17, 15) is 10.5 Å². The first-order chi connectivity index (χ1) is 30.5. The van der Waals surface area contributed by atoms with E-state index in [0.717, 1.165) is 63.8 Å². The normalized spacial score (nSPS) is 18.1. The number of nitriles is 2. The Bertz CT molecular complexity index is 2850. The van der Waals surface area contributed by atoms with E-state index in [4.69, 9.17) is 29.9 Å². The number of benzene rings is 6. The summed E-state index contributed by atoms with van der Waals surface area (Å²) in [6, 6.07) is 56.7. The molecule has 6 aromatic carbocycles. The number of allylic oxidation sites excluding steroid dienone is 2. The third kappa shape index (κ3) is 6.03. The average Bonchev–Trinajstić information content (AvgIpc) is 3.33. The molecule has 62 heavy (non-hydrogen) atoms. The van der Waals surface area contributed by atoms with Crippen LogP contribution in [0.5, 0.6) is 0 Å². The van der Waals surface area contributed by atoms with Crippen LogP contribution in [0, 0.1) is 40.4 Å². The van der Waals surface area contributed by atoms with Crippen LogP contribution in [0.15, 0.2) is 169 Å². The third-order valence-electron chi connectivity index (χ3n) is 13.2. The molecule has 0 amide bonds. The van der Waals surface area contributed by atoms with Crippen LogP contribution in [-0.4, -0.2) is 29.9 Å². The summed E-state index contributed by atoms with van der Waals surface area (Å²) in [6.07, 6.45) is 3.00. The van der Waals surface area contributed by atoms with Crippen LogP contribution in [0.3, 0.4) is 0 Å². The Morgan fingerprint density at radius 1 is 0.468 bits per heavy atom. The highest BCUT2D eigenvalue weighted by Crippen LogP contribution is 2.70. The van der Waals surface area contributed by atoms with Crippen LogP contribution in [0.1, 0.15) is 48.4 Å². The Kier molecular flexibility index (Phi) is 8.95. The van der Waals surface area contributed by atoms with Crippen LogP contribution >= 0.6 is 0 Å². The second-order valence-electron chi connectivity index (χ2n) is 16.5. The summed E-state index contributed by atoms with van der Waals surface area (Å²) < 4.78 is 0. The zero-order valence-corrected chi connectivity index (χ0v) is 33.9. The maximum absolute atomic E-state index is 10.6. The molecule has 3 unspecified atom stereocenters. The van der Waals surface area contributed by atoms with Crippen LogP contribution in [0.25, 0.3) is 68.3 Å². The fraction of sp³-hybridized carbons (Fsp3) is 0.148. The second kappa shape index (κ2) is 15.0. The third-order valence-corrected chi connectivity index (χ3v) is 13.2. The SMILES string of the molecule is CC1CC2=C3C(C2)CC3C1(c1cc(C#N)ccc1-c1nc(-c2ccccc2)nc(-c2ccccc2)n1)c1cc(C#N)ccc1-c1nc(-c2ccccc2)nc(-c2ccccc2)n1. The van der Waals surface area contributed by atoms with Crippen molar-refractivity contribution in [2.45, 2.75) is 31.6 Å². The molecule has 0 bridgehead atoms. The van der Waals surface area contributed by atoms with Gasteiger partial charge in [0.25, 0.3) is 0 Å². The standard InChI is InChI=1S/C54H38N8/c1-33-26-40-29-41-30-46(47(40)41)54(33,44-27-34(31-55)22-24-42(44)52-59-48(36-14-6-2-7-15-36)57-49(60-52)37-16-8-3-9-17-37)45-28-35(32-56)23-25-43(45)53-61-50(38-18-10-4-11-19-38)58-51(62-53)39-20-12-5-13-21-39/h2-25,27-28,33,41,46H,26,29-30H2,1H3. The summed E-state index contributed by atoms with van der Waals surface area (Å²) in [5.41, 5.74) is 10.4. The summed E-state index contributed by atoms with van der Waals surface area (Å²) in [5, 5.41) is 21.3. The Morgan fingerprint density at radius 2 is 0.839 bits per heavy atom. The van der Waals surface area contributed by atoms with Crippen molar-refractivity contribution in [3.8, 4) is 80.5 Å². The molecule has 3 atom stereocenters. The summed E-state index contributed by atoms with van der Waals surface area (Å²) in [4.78, 5) is 31.0. The maximum atomic E-state index is 10.6. The minimum Gasteiger partial charge on any atom is -0.208 e. The lowest BCUT2D eigenvalue weighted by molar-refractivity contribution is 0.0985. The van der Waals surface area contributed by atoms with Gasteiger partial charge in [-0.2, -0.15) is 10.5 Å². The molecule has 0 saturated heterocycles. The Labute approximate surface area is 360 Å². The molecule has 0 aliphatic heterocycles. The van der Waals surface area contributed by atoms with E-state index in [1.54, 1.807) is 5.57 Å². The van der Waals surface area contributed by atoms with Crippen LogP contribution < -0.4 is 0 Å². The Balaban J connectivity index is 1.22. The molecule has 8 nitrogen and oxygen atoms in total. The molecule has 8 aromatic rings. The van der Waals surface area contributed by atoms with Crippen molar-refractivity contribution in [3.63, 3.8) is 0 Å². The van der Waals surface area contributed by atoms with Gasteiger partial charge < -0.3 is 0 Å². The zero-order valence-electron chi connectivity index (χ0n) is 33.9. The molecule has 294 valence electrons. The number of aromatic nitrogens is 6. The molecule has 0 spiro atoms. The van der Waals surface area contributed by atoms with Gasteiger partial charge in [-0.05, 0) is 84.5 Å². The van der Waals surface area contributed by atoms with Gasteiger partial charge in [0, 0.05) is 38.8 Å². The van der Waals surface area contributed by atoms with Crippen molar-refractivity contribution in [2.75, 3.05) is 0 Å². The van der Waals surface area contributed by atoms with Crippen molar-refractivity contribution in [1.82, 2.24) is 29.9 Å². The lowest BCUT2D eigenvalue weighted by Crippen LogP contribution is -2.57. The second-order valence-corrected chi connectivity index (χ2v) is 16.5. The van der Waals surface area contributed by atoms with E-state index in [0.29, 0.717) is 52.0 Å². The Morgan fingerprint density at radius 3 is 1.19 bits per heavy atom. The highest BCUT2D eigenvalue weighted by atomic mass is 15.0. The van der Waals surface area contributed by atoms with Gasteiger partial charge in [-0.1, -0.05) is 139 Å². The van der Waals surface area contributed by atoms with Crippen molar-refractivity contribution in [3.05, 3.63) is 191 Å². The first-order valence-electron chi connectivity index (χ1n) is 21.1. The smallest absolute Gasteiger partial charge is 0.164 e. The Hall–Kier alpha value is -7.94. The van der Waals surface area contributed by atoms with Crippen molar-refractivity contribution < 1.29 is 0 Å². The minimum atomic E-state index is -0.737. The van der Waals surface area contributed by atoms with Crippen LogP contribution in [0.4, 0.5) is 0 Å². The maximum Gasteiger partial charge on any atom is 0.164 e. The van der Waals surface area contributed by atoms with Gasteiger partial charge in [-0.3, -0.25) is 0 Å². The monoisotopic (exact) mass is 798 g/mol. The summed E-state index contributed by atoms with van der Waals surface area (Å²) in [5.74, 6) is 3.95. The quantitative estimate of drug-likeness (QED) is 0.139.